The van der Waals surface area contributed by atoms with Crippen LogP contribution in [0, 0.1) is 6.92 Å². The minimum absolute atomic E-state index is 0.0936. The molecule has 1 N–H and O–H groups in total. The van der Waals surface area contributed by atoms with E-state index in [1.165, 1.54) is 27.5 Å². The van der Waals surface area contributed by atoms with Gasteiger partial charge in [-0.05, 0) is 42.7 Å². The Balaban J connectivity index is 2.03. The molecule has 25 heavy (non-hydrogen) atoms. The number of rotatable bonds is 5. The summed E-state index contributed by atoms with van der Waals surface area (Å²) >= 11 is 4.42. The van der Waals surface area contributed by atoms with Gasteiger partial charge in [-0.3, -0.25) is 14.0 Å². The minimum atomic E-state index is -0.422. The van der Waals surface area contributed by atoms with Crippen molar-refractivity contribution in [1.29, 1.82) is 0 Å². The summed E-state index contributed by atoms with van der Waals surface area (Å²) in [6.45, 7) is 3.90. The van der Waals surface area contributed by atoms with E-state index >= 15 is 0 Å². The molecule has 1 amide bonds. The summed E-state index contributed by atoms with van der Waals surface area (Å²) in [6.07, 6.45) is 3.65. The fourth-order valence-electron chi connectivity index (χ4n) is 2.39. The maximum atomic E-state index is 12.8. The molecule has 2 aromatic heterocycles. The lowest BCUT2D eigenvalue weighted by molar-refractivity contribution is 0.102. The van der Waals surface area contributed by atoms with Crippen molar-refractivity contribution in [3.8, 4) is 0 Å². The summed E-state index contributed by atoms with van der Waals surface area (Å²) in [7, 11) is 0. The molecule has 0 saturated carbocycles. The average Bonchev–Trinajstić information content (AvgIpc) is 3.06. The number of fused-ring (bicyclic) bond motifs is 1. The topological polar surface area (TPSA) is 63.5 Å². The van der Waals surface area contributed by atoms with Gasteiger partial charge in [0, 0.05) is 22.2 Å². The van der Waals surface area contributed by atoms with E-state index < -0.39 is 5.91 Å². The van der Waals surface area contributed by atoms with Crippen molar-refractivity contribution in [2.75, 3.05) is 17.3 Å². The molecule has 5 nitrogen and oxygen atoms in total. The predicted molar refractivity (Wildman–Crippen MR) is 107 cm³/mol. The van der Waals surface area contributed by atoms with E-state index in [0.29, 0.717) is 15.7 Å². The Kier molecular flexibility index (Phi) is 5.51. The van der Waals surface area contributed by atoms with E-state index in [1.54, 1.807) is 23.3 Å². The minimum Gasteiger partial charge on any atom is -0.321 e. The maximum Gasteiger partial charge on any atom is 0.272 e. The van der Waals surface area contributed by atoms with E-state index in [2.05, 4.69) is 10.3 Å². The zero-order chi connectivity index (χ0) is 18.0. The second-order valence-electron chi connectivity index (χ2n) is 5.22. The Hall–Kier alpha value is -1.77. The Morgan fingerprint density at radius 3 is 2.88 bits per heavy atom. The van der Waals surface area contributed by atoms with E-state index in [0.717, 1.165) is 16.2 Å². The normalized spacial score (nSPS) is 11.0. The van der Waals surface area contributed by atoms with Crippen molar-refractivity contribution in [1.82, 2.24) is 9.38 Å². The number of amides is 1. The summed E-state index contributed by atoms with van der Waals surface area (Å²) in [5, 5.41) is 5.13. The monoisotopic (exact) mass is 391 g/mol. The third-order valence-corrected chi connectivity index (χ3v) is 5.96. The number of nitrogens with one attached hydrogen (secondary N) is 1. The fourth-order valence-corrected chi connectivity index (χ4v) is 4.40. The van der Waals surface area contributed by atoms with E-state index in [1.807, 2.05) is 38.3 Å². The van der Waals surface area contributed by atoms with Crippen LogP contribution in [0.25, 0.3) is 4.96 Å². The van der Waals surface area contributed by atoms with Crippen LogP contribution in [-0.2, 0) is 0 Å². The van der Waals surface area contributed by atoms with Crippen LogP contribution in [0.5, 0.6) is 0 Å². The SMILES string of the molecule is CCSc1nc2sccn2c(=O)c1C(=O)Nc1ccc(SC)cc1C. The van der Waals surface area contributed by atoms with Gasteiger partial charge in [-0.25, -0.2) is 4.98 Å². The average molecular weight is 392 g/mol. The summed E-state index contributed by atoms with van der Waals surface area (Å²) in [5.41, 5.74) is 1.41. The summed E-state index contributed by atoms with van der Waals surface area (Å²) < 4.78 is 1.42. The molecule has 0 aliphatic carbocycles. The Bertz CT molecular complexity index is 994. The lowest BCUT2D eigenvalue weighted by Gasteiger charge is -2.11. The van der Waals surface area contributed by atoms with Crippen LogP contribution in [0.4, 0.5) is 5.69 Å². The molecule has 0 atom stereocenters. The molecular formula is C17H17N3O2S3. The smallest absolute Gasteiger partial charge is 0.272 e. The van der Waals surface area contributed by atoms with Crippen molar-refractivity contribution >= 4 is 51.4 Å². The molecule has 0 spiro atoms. The van der Waals surface area contributed by atoms with Gasteiger partial charge in [0.2, 0.25) is 0 Å². The number of aryl methyl sites for hydroxylation is 1. The molecule has 0 fully saturated rings. The van der Waals surface area contributed by atoms with Gasteiger partial charge in [-0.1, -0.05) is 6.92 Å². The van der Waals surface area contributed by atoms with Crippen LogP contribution in [0.15, 0.2) is 44.5 Å². The van der Waals surface area contributed by atoms with Crippen LogP contribution in [-0.4, -0.2) is 27.3 Å². The molecule has 0 saturated heterocycles. The highest BCUT2D eigenvalue weighted by Crippen LogP contribution is 2.24. The molecule has 0 aliphatic heterocycles. The van der Waals surface area contributed by atoms with E-state index in [4.69, 9.17) is 0 Å². The molecule has 0 unspecified atom stereocenters. The zero-order valence-electron chi connectivity index (χ0n) is 14.0. The number of anilines is 1. The van der Waals surface area contributed by atoms with E-state index in [-0.39, 0.29) is 11.1 Å². The van der Waals surface area contributed by atoms with Crippen LogP contribution >= 0.6 is 34.9 Å². The Labute approximate surface area is 157 Å². The van der Waals surface area contributed by atoms with Crippen molar-refractivity contribution in [3.63, 3.8) is 0 Å². The standard InChI is InChI=1S/C17H17N3O2S3/c1-4-24-15-13(16(22)20-7-8-25-17(20)19-15)14(21)18-12-6-5-11(23-3)9-10(12)2/h5-9H,4H2,1-3H3,(H,18,21). The van der Waals surface area contributed by atoms with Crippen LogP contribution in [0.2, 0.25) is 0 Å². The molecule has 3 aromatic rings. The first-order valence-electron chi connectivity index (χ1n) is 7.63. The first kappa shape index (κ1) is 18.0. The molecule has 3 rings (SSSR count). The largest absolute Gasteiger partial charge is 0.321 e. The van der Waals surface area contributed by atoms with Gasteiger partial charge in [0.05, 0.1) is 0 Å². The van der Waals surface area contributed by atoms with Crippen LogP contribution < -0.4 is 10.9 Å². The van der Waals surface area contributed by atoms with Gasteiger partial charge < -0.3 is 5.32 Å². The van der Waals surface area contributed by atoms with Gasteiger partial charge in [0.25, 0.3) is 11.5 Å². The van der Waals surface area contributed by atoms with Gasteiger partial charge in [0.15, 0.2) is 4.96 Å². The highest BCUT2D eigenvalue weighted by atomic mass is 32.2. The van der Waals surface area contributed by atoms with E-state index in [9.17, 15) is 9.59 Å². The molecule has 130 valence electrons. The molecule has 8 heteroatoms. The van der Waals surface area contributed by atoms with Crippen molar-refractivity contribution < 1.29 is 4.79 Å². The van der Waals surface area contributed by atoms with Gasteiger partial charge in [0.1, 0.15) is 10.6 Å². The second kappa shape index (κ2) is 7.63. The Morgan fingerprint density at radius 2 is 2.20 bits per heavy atom. The molecule has 0 radical (unpaired) electrons. The number of aromatic nitrogens is 2. The van der Waals surface area contributed by atoms with Crippen LogP contribution in [0.3, 0.4) is 0 Å². The molecule has 0 aliphatic rings. The summed E-state index contributed by atoms with van der Waals surface area (Å²) in [5.74, 6) is 0.310. The Morgan fingerprint density at radius 1 is 1.40 bits per heavy atom. The third-order valence-electron chi connectivity index (χ3n) is 3.62. The number of hydrogen-bond acceptors (Lipinski definition) is 6. The number of hydrogen-bond donors (Lipinski definition) is 1. The number of thioether (sulfide) groups is 2. The molecule has 0 bridgehead atoms. The summed E-state index contributed by atoms with van der Waals surface area (Å²) in [4.78, 5) is 31.8. The van der Waals surface area contributed by atoms with Crippen molar-refractivity contribution in [3.05, 3.63) is 51.3 Å². The van der Waals surface area contributed by atoms with Crippen molar-refractivity contribution in [2.24, 2.45) is 0 Å². The predicted octanol–water partition coefficient (Wildman–Crippen LogP) is 4.15. The number of benzene rings is 1. The first-order chi connectivity index (χ1) is 12.0. The number of thiazole rings is 1. The maximum absolute atomic E-state index is 12.8. The quantitative estimate of drug-likeness (QED) is 0.523. The van der Waals surface area contributed by atoms with Gasteiger partial charge in [-0.2, -0.15) is 0 Å². The van der Waals surface area contributed by atoms with Gasteiger partial charge in [-0.15, -0.1) is 34.9 Å². The highest BCUT2D eigenvalue weighted by molar-refractivity contribution is 7.99. The fraction of sp³-hybridized carbons (Fsp3) is 0.235. The molecule has 2 heterocycles. The lowest BCUT2D eigenvalue weighted by atomic mass is 10.2. The van der Waals surface area contributed by atoms with Crippen LogP contribution in [0.1, 0.15) is 22.8 Å². The second-order valence-corrected chi connectivity index (χ2v) is 8.23. The number of carbonyl (C=O) groups is 1. The third kappa shape index (κ3) is 3.61. The number of nitrogens with zero attached hydrogens (tertiary/aromatic N) is 2. The molecular weight excluding hydrogens is 374 g/mol. The zero-order valence-corrected chi connectivity index (χ0v) is 16.5. The highest BCUT2D eigenvalue weighted by Gasteiger charge is 2.21. The number of carbonyl (C=O) groups excluding carboxylic acids is 1. The lowest BCUT2D eigenvalue weighted by Crippen LogP contribution is -2.27. The van der Waals surface area contributed by atoms with Crippen molar-refractivity contribution in [2.45, 2.75) is 23.8 Å². The van der Waals surface area contributed by atoms with Gasteiger partial charge >= 0.3 is 0 Å². The first-order valence-corrected chi connectivity index (χ1v) is 10.7. The summed E-state index contributed by atoms with van der Waals surface area (Å²) in [6, 6.07) is 5.82. The molecule has 1 aromatic carbocycles.